The Morgan fingerprint density at radius 1 is 1.55 bits per heavy atom. The van der Waals surface area contributed by atoms with E-state index in [2.05, 4.69) is 32.6 Å². The zero-order chi connectivity index (χ0) is 8.06. The number of allylic oxidation sites excluding steroid dienone is 3. The van der Waals surface area contributed by atoms with E-state index in [1.54, 1.807) is 0 Å². The molecule has 1 saturated carbocycles. The minimum absolute atomic E-state index is 0.528. The first kappa shape index (κ1) is 7.15. The topological polar surface area (TPSA) is 0 Å². The maximum atomic E-state index is 4.10. The van der Waals surface area contributed by atoms with E-state index in [9.17, 15) is 0 Å². The van der Waals surface area contributed by atoms with E-state index in [-0.39, 0.29) is 0 Å². The molecule has 0 aromatic heterocycles. The van der Waals surface area contributed by atoms with Gasteiger partial charge in [-0.15, -0.1) is 0 Å². The Morgan fingerprint density at radius 3 is 2.91 bits per heavy atom. The van der Waals surface area contributed by atoms with Gasteiger partial charge in [0.1, 0.15) is 0 Å². The molecule has 0 N–H and O–H groups in total. The van der Waals surface area contributed by atoms with Crippen molar-refractivity contribution in [3.63, 3.8) is 0 Å². The summed E-state index contributed by atoms with van der Waals surface area (Å²) in [7, 11) is 0. The predicted octanol–water partition coefficient (Wildman–Crippen LogP) is 3.16. The molecule has 3 rings (SSSR count). The van der Waals surface area contributed by atoms with E-state index in [0.717, 1.165) is 11.8 Å². The average Bonchev–Trinajstić information content (AvgIpc) is 2.17. The molecule has 0 heteroatoms. The zero-order valence-corrected chi connectivity index (χ0v) is 7.43. The van der Waals surface area contributed by atoms with Crippen LogP contribution in [0.2, 0.25) is 0 Å². The van der Waals surface area contributed by atoms with Crippen molar-refractivity contribution in [1.82, 2.24) is 0 Å². The third kappa shape index (κ3) is 0.817. The number of hydrogen-bond donors (Lipinski definition) is 0. The predicted molar refractivity (Wildman–Crippen MR) is 48.3 cm³/mol. The molecule has 2 bridgehead atoms. The van der Waals surface area contributed by atoms with Gasteiger partial charge in [-0.2, -0.15) is 0 Å². The Morgan fingerprint density at radius 2 is 2.27 bits per heavy atom. The van der Waals surface area contributed by atoms with Gasteiger partial charge in [-0.3, -0.25) is 0 Å². The highest BCUT2D eigenvalue weighted by atomic mass is 14.5. The molecule has 3 aliphatic rings. The van der Waals surface area contributed by atoms with Gasteiger partial charge in [-0.1, -0.05) is 38.2 Å². The Bertz CT molecular complexity index is 220. The van der Waals surface area contributed by atoms with Gasteiger partial charge in [0.2, 0.25) is 0 Å². The van der Waals surface area contributed by atoms with E-state index < -0.39 is 0 Å². The van der Waals surface area contributed by atoms with Gasteiger partial charge >= 0.3 is 0 Å². The number of rotatable bonds is 0. The molecule has 0 aromatic carbocycles. The van der Waals surface area contributed by atoms with Crippen molar-refractivity contribution in [1.29, 1.82) is 0 Å². The summed E-state index contributed by atoms with van der Waals surface area (Å²) < 4.78 is 0. The Balaban J connectivity index is 2.30. The largest absolute Gasteiger partial charge is 0.0955 e. The zero-order valence-electron chi connectivity index (χ0n) is 7.43. The third-order valence-corrected chi connectivity index (χ3v) is 3.67. The Kier molecular flexibility index (Phi) is 1.30. The molecule has 0 unspecified atom stereocenters. The smallest absolute Gasteiger partial charge is 0.0111 e. The van der Waals surface area contributed by atoms with E-state index in [1.165, 1.54) is 18.4 Å². The molecule has 0 aromatic rings. The molecule has 0 nitrogen and oxygen atoms in total. The molecule has 0 radical (unpaired) electrons. The first-order valence-electron chi connectivity index (χ1n) is 4.47. The molecule has 0 saturated heterocycles. The summed E-state index contributed by atoms with van der Waals surface area (Å²) in [6.07, 6.45) is 7.16. The van der Waals surface area contributed by atoms with Crippen LogP contribution >= 0.6 is 0 Å². The van der Waals surface area contributed by atoms with Crippen LogP contribution in [-0.2, 0) is 0 Å². The summed E-state index contributed by atoms with van der Waals surface area (Å²) >= 11 is 0. The van der Waals surface area contributed by atoms with Gasteiger partial charge in [0.25, 0.3) is 0 Å². The highest BCUT2D eigenvalue weighted by Crippen LogP contribution is 2.57. The van der Waals surface area contributed by atoms with Crippen LogP contribution in [0.25, 0.3) is 0 Å². The molecule has 11 heavy (non-hydrogen) atoms. The molecule has 0 aliphatic heterocycles. The summed E-state index contributed by atoms with van der Waals surface area (Å²) in [4.78, 5) is 0. The van der Waals surface area contributed by atoms with Crippen LogP contribution in [0.15, 0.2) is 24.3 Å². The minimum atomic E-state index is 0.528. The highest BCUT2D eigenvalue weighted by molar-refractivity contribution is 5.27. The Hall–Kier alpha value is -0.520. The minimum Gasteiger partial charge on any atom is -0.0955 e. The maximum Gasteiger partial charge on any atom is -0.0111 e. The molecule has 2 atom stereocenters. The molecule has 0 amide bonds. The summed E-state index contributed by atoms with van der Waals surface area (Å²) in [5, 5.41) is 0. The molecule has 0 heterocycles. The lowest BCUT2D eigenvalue weighted by Crippen LogP contribution is -2.44. The van der Waals surface area contributed by atoms with Crippen LogP contribution in [0.1, 0.15) is 26.7 Å². The molecular weight excluding hydrogens is 132 g/mol. The first-order valence-corrected chi connectivity index (χ1v) is 4.47. The van der Waals surface area contributed by atoms with Gasteiger partial charge < -0.3 is 0 Å². The van der Waals surface area contributed by atoms with Crippen molar-refractivity contribution < 1.29 is 0 Å². The fourth-order valence-electron chi connectivity index (χ4n) is 2.55. The maximum absolute atomic E-state index is 4.10. The second-order valence-corrected chi connectivity index (χ2v) is 4.52. The standard InChI is InChI=1S/C11H16/c1-8-5-4-6-9-7-10(8)11(9,2)3/h4-5,9-10H,1,6-7H2,2-3H3/t9-,10+/m1/s1. The molecular formula is C11H16. The van der Waals surface area contributed by atoms with Gasteiger partial charge in [0.05, 0.1) is 0 Å². The van der Waals surface area contributed by atoms with E-state index >= 15 is 0 Å². The first-order chi connectivity index (χ1) is 5.12. The van der Waals surface area contributed by atoms with Crippen molar-refractivity contribution in [2.75, 3.05) is 0 Å². The van der Waals surface area contributed by atoms with Crippen molar-refractivity contribution in [3.05, 3.63) is 24.3 Å². The van der Waals surface area contributed by atoms with Gasteiger partial charge in [0.15, 0.2) is 0 Å². The van der Waals surface area contributed by atoms with Crippen molar-refractivity contribution in [2.45, 2.75) is 26.7 Å². The lowest BCUT2D eigenvalue weighted by Gasteiger charge is -2.51. The summed E-state index contributed by atoms with van der Waals surface area (Å²) in [6.45, 7) is 8.86. The molecule has 1 fully saturated rings. The van der Waals surface area contributed by atoms with E-state index in [1.807, 2.05) is 0 Å². The van der Waals surface area contributed by atoms with Crippen LogP contribution < -0.4 is 0 Å². The number of fused-ring (bicyclic) bond motifs is 2. The van der Waals surface area contributed by atoms with Crippen LogP contribution in [0.5, 0.6) is 0 Å². The fourth-order valence-corrected chi connectivity index (χ4v) is 2.55. The van der Waals surface area contributed by atoms with Gasteiger partial charge in [-0.25, -0.2) is 0 Å². The van der Waals surface area contributed by atoms with Crippen LogP contribution in [0, 0.1) is 17.3 Å². The lowest BCUT2D eigenvalue weighted by molar-refractivity contribution is 0.0125. The van der Waals surface area contributed by atoms with E-state index in [0.29, 0.717) is 5.41 Å². The molecule has 0 spiro atoms. The Labute approximate surface area is 69.0 Å². The van der Waals surface area contributed by atoms with Gasteiger partial charge in [-0.05, 0) is 30.1 Å². The van der Waals surface area contributed by atoms with Crippen LogP contribution in [0.3, 0.4) is 0 Å². The SMILES string of the molecule is C=C1C=CC[C@@H]2C[C@@H]1C2(C)C. The molecule has 60 valence electrons. The fraction of sp³-hybridized carbons (Fsp3) is 0.636. The summed E-state index contributed by atoms with van der Waals surface area (Å²) in [5.41, 5.74) is 1.88. The van der Waals surface area contributed by atoms with Gasteiger partial charge in [0, 0.05) is 0 Å². The second-order valence-electron chi connectivity index (χ2n) is 4.52. The summed E-state index contributed by atoms with van der Waals surface area (Å²) in [6, 6.07) is 0. The molecule has 3 aliphatic carbocycles. The highest BCUT2D eigenvalue weighted by Gasteiger charge is 2.48. The van der Waals surface area contributed by atoms with Crippen molar-refractivity contribution in [3.8, 4) is 0 Å². The third-order valence-electron chi connectivity index (χ3n) is 3.67. The van der Waals surface area contributed by atoms with Crippen LogP contribution in [0.4, 0.5) is 0 Å². The van der Waals surface area contributed by atoms with Crippen molar-refractivity contribution >= 4 is 0 Å². The van der Waals surface area contributed by atoms with E-state index in [4.69, 9.17) is 0 Å². The quantitative estimate of drug-likeness (QED) is 0.495. The lowest BCUT2D eigenvalue weighted by atomic mass is 9.53. The van der Waals surface area contributed by atoms with Crippen LogP contribution in [-0.4, -0.2) is 0 Å². The average molecular weight is 148 g/mol. The second kappa shape index (κ2) is 2.00. The number of hydrogen-bond acceptors (Lipinski definition) is 0. The monoisotopic (exact) mass is 148 g/mol. The summed E-state index contributed by atoms with van der Waals surface area (Å²) in [5.74, 6) is 1.69. The van der Waals surface area contributed by atoms with Crippen molar-refractivity contribution in [2.24, 2.45) is 17.3 Å². The normalized spacial score (nSPS) is 39.6.